The van der Waals surface area contributed by atoms with Crippen LogP contribution in [0.5, 0.6) is 0 Å². The van der Waals surface area contributed by atoms with E-state index in [0.717, 1.165) is 4.90 Å². The van der Waals surface area contributed by atoms with E-state index in [0.29, 0.717) is 4.47 Å². The Bertz CT molecular complexity index is 756. The minimum atomic E-state index is -4.48. The average Bonchev–Trinajstić information content (AvgIpc) is 2.44. The quantitative estimate of drug-likeness (QED) is 0.796. The Kier molecular flexibility index (Phi) is 4.51. The maximum atomic E-state index is 14.3. The Morgan fingerprint density at radius 3 is 2.59 bits per heavy atom. The first-order chi connectivity index (χ1) is 10.1. The molecule has 0 bridgehead atoms. The molecule has 0 aliphatic carbocycles. The zero-order valence-corrected chi connectivity index (χ0v) is 14.1. The van der Waals surface area contributed by atoms with Crippen molar-refractivity contribution in [1.29, 1.82) is 0 Å². The summed E-state index contributed by atoms with van der Waals surface area (Å²) in [6, 6.07) is 4.26. The summed E-state index contributed by atoms with van der Waals surface area (Å²) in [5.74, 6) is -3.57. The van der Waals surface area contributed by atoms with Crippen LogP contribution >= 0.6 is 27.5 Å². The molecule has 0 radical (unpaired) electrons. The number of carbonyl (C=O) groups is 2. The number of nitrogens with zero attached hydrogens (tertiary/aromatic N) is 1. The predicted octanol–water partition coefficient (Wildman–Crippen LogP) is 1.72. The van der Waals surface area contributed by atoms with Crippen LogP contribution in [0.4, 0.5) is 4.39 Å². The molecule has 1 atom stereocenters. The molecule has 0 saturated carbocycles. The molecular formula is C12H10BrClFNO5S. The number of benzene rings is 1. The Balaban J connectivity index is 2.32. The van der Waals surface area contributed by atoms with Gasteiger partial charge < -0.3 is 10.0 Å². The summed E-state index contributed by atoms with van der Waals surface area (Å²) in [4.78, 5) is 24.1. The van der Waals surface area contributed by atoms with E-state index in [1.165, 1.54) is 18.2 Å². The van der Waals surface area contributed by atoms with Crippen LogP contribution in [-0.2, 0) is 14.6 Å². The molecule has 10 heteroatoms. The highest BCUT2D eigenvalue weighted by atomic mass is 79.9. The molecule has 6 nitrogen and oxygen atoms in total. The fourth-order valence-electron chi connectivity index (χ4n) is 2.00. The number of rotatable bonds is 2. The van der Waals surface area contributed by atoms with Crippen LogP contribution in [0.25, 0.3) is 0 Å². The van der Waals surface area contributed by atoms with Crippen LogP contribution in [0.15, 0.2) is 22.7 Å². The lowest BCUT2D eigenvalue weighted by molar-refractivity contribution is -0.146. The van der Waals surface area contributed by atoms with Gasteiger partial charge in [0.2, 0.25) is 0 Å². The Morgan fingerprint density at radius 2 is 2.05 bits per heavy atom. The summed E-state index contributed by atoms with van der Waals surface area (Å²) in [5.41, 5.74) is 0.111. The molecule has 0 spiro atoms. The molecule has 1 aliphatic heterocycles. The van der Waals surface area contributed by atoms with Gasteiger partial charge in [-0.3, -0.25) is 4.79 Å². The molecule has 1 aromatic rings. The number of hydrogen-bond acceptors (Lipinski definition) is 4. The van der Waals surface area contributed by atoms with Crippen molar-refractivity contribution in [3.05, 3.63) is 33.3 Å². The normalized spacial score (nSPS) is 24.0. The number of carboxylic acid groups (broad SMARTS) is 1. The highest BCUT2D eigenvalue weighted by Gasteiger charge is 2.56. The van der Waals surface area contributed by atoms with E-state index in [-0.39, 0.29) is 17.1 Å². The van der Waals surface area contributed by atoms with Crippen LogP contribution < -0.4 is 0 Å². The molecule has 1 saturated heterocycles. The van der Waals surface area contributed by atoms with Gasteiger partial charge in [-0.25, -0.2) is 17.6 Å². The summed E-state index contributed by atoms with van der Waals surface area (Å²) >= 11 is 9.02. The zero-order valence-electron chi connectivity index (χ0n) is 10.9. The molecule has 120 valence electrons. The number of carboxylic acids is 1. The van der Waals surface area contributed by atoms with E-state index in [2.05, 4.69) is 15.9 Å². The Hall–Kier alpha value is -1.19. The topological polar surface area (TPSA) is 91.8 Å². The van der Waals surface area contributed by atoms with E-state index >= 15 is 0 Å². The molecule has 1 aliphatic rings. The average molecular weight is 415 g/mol. The van der Waals surface area contributed by atoms with Gasteiger partial charge in [0.25, 0.3) is 5.91 Å². The third-order valence-electron chi connectivity index (χ3n) is 3.29. The standard InChI is InChI=1S/C12H10BrClFNO5S/c13-8-2-1-7(5-9(8)14)10(17)16-3-4-22(20,21)12(15,6-16)11(18)19/h1-2,5H,3-4,6H2,(H,18,19)/t12-/m1/s1. The number of alkyl halides is 1. The molecule has 1 N–H and O–H groups in total. The molecule has 0 unspecified atom stereocenters. The van der Waals surface area contributed by atoms with Crippen molar-refractivity contribution in [2.45, 2.75) is 5.00 Å². The van der Waals surface area contributed by atoms with E-state index in [9.17, 15) is 22.4 Å². The maximum Gasteiger partial charge on any atom is 0.359 e. The van der Waals surface area contributed by atoms with Crippen molar-refractivity contribution >= 4 is 49.2 Å². The van der Waals surface area contributed by atoms with Gasteiger partial charge in [0, 0.05) is 16.6 Å². The minimum absolute atomic E-state index is 0.111. The molecule has 1 aromatic carbocycles. The smallest absolute Gasteiger partial charge is 0.359 e. The zero-order chi connectivity index (χ0) is 16.7. The molecule has 0 aromatic heterocycles. The van der Waals surface area contributed by atoms with Crippen LogP contribution in [0.2, 0.25) is 5.02 Å². The van der Waals surface area contributed by atoms with Crippen molar-refractivity contribution < 1.29 is 27.5 Å². The fourth-order valence-corrected chi connectivity index (χ4v) is 3.83. The Morgan fingerprint density at radius 1 is 1.41 bits per heavy atom. The predicted molar refractivity (Wildman–Crippen MR) is 80.3 cm³/mol. The van der Waals surface area contributed by atoms with E-state index in [1.807, 2.05) is 0 Å². The molecule has 2 rings (SSSR count). The lowest BCUT2D eigenvalue weighted by atomic mass is 10.2. The van der Waals surface area contributed by atoms with Gasteiger partial charge in [0.15, 0.2) is 9.84 Å². The number of halogens is 3. The van der Waals surface area contributed by atoms with Crippen LogP contribution in [0.1, 0.15) is 10.4 Å². The third kappa shape index (κ3) is 2.84. The third-order valence-corrected chi connectivity index (χ3v) is 6.53. The molecule has 1 heterocycles. The Labute approximate surface area is 138 Å². The first-order valence-corrected chi connectivity index (χ1v) is 8.80. The van der Waals surface area contributed by atoms with Gasteiger partial charge in [0.1, 0.15) is 0 Å². The summed E-state index contributed by atoms with van der Waals surface area (Å²) in [6.07, 6.45) is 0. The van der Waals surface area contributed by atoms with E-state index < -0.39 is 39.0 Å². The largest absolute Gasteiger partial charge is 0.478 e. The lowest BCUT2D eigenvalue weighted by Crippen LogP contribution is -2.59. The van der Waals surface area contributed by atoms with Crippen molar-refractivity contribution in [1.82, 2.24) is 4.90 Å². The van der Waals surface area contributed by atoms with Crippen molar-refractivity contribution in [2.24, 2.45) is 0 Å². The minimum Gasteiger partial charge on any atom is -0.478 e. The van der Waals surface area contributed by atoms with Crippen molar-refractivity contribution in [3.63, 3.8) is 0 Å². The lowest BCUT2D eigenvalue weighted by Gasteiger charge is -2.34. The maximum absolute atomic E-state index is 14.3. The molecule has 1 fully saturated rings. The highest BCUT2D eigenvalue weighted by molar-refractivity contribution is 9.10. The van der Waals surface area contributed by atoms with Gasteiger partial charge in [-0.2, -0.15) is 0 Å². The van der Waals surface area contributed by atoms with Crippen molar-refractivity contribution in [2.75, 3.05) is 18.8 Å². The highest BCUT2D eigenvalue weighted by Crippen LogP contribution is 2.29. The second kappa shape index (κ2) is 5.78. The van der Waals surface area contributed by atoms with Gasteiger partial charge >= 0.3 is 11.0 Å². The fraction of sp³-hybridized carbons (Fsp3) is 0.333. The monoisotopic (exact) mass is 413 g/mol. The first-order valence-electron chi connectivity index (χ1n) is 5.97. The molecular weight excluding hydrogens is 405 g/mol. The molecule has 1 amide bonds. The summed E-state index contributed by atoms with van der Waals surface area (Å²) in [7, 11) is -4.48. The van der Waals surface area contributed by atoms with Crippen LogP contribution in [0.3, 0.4) is 0 Å². The number of amides is 1. The number of sulfone groups is 1. The summed E-state index contributed by atoms with van der Waals surface area (Å²) < 4.78 is 38.1. The second-order valence-electron chi connectivity index (χ2n) is 4.71. The second-order valence-corrected chi connectivity index (χ2v) is 8.25. The number of hydrogen-bond donors (Lipinski definition) is 1. The van der Waals surface area contributed by atoms with Gasteiger partial charge in [-0.1, -0.05) is 11.6 Å². The SMILES string of the molecule is O=C(c1ccc(Br)c(Cl)c1)N1CCS(=O)(=O)[C@@](F)(C(=O)O)C1. The van der Waals surface area contributed by atoms with Gasteiger partial charge in [-0.15, -0.1) is 0 Å². The summed E-state index contributed by atoms with van der Waals surface area (Å²) in [6.45, 7) is -1.34. The molecule has 22 heavy (non-hydrogen) atoms. The number of carbonyl (C=O) groups excluding carboxylic acids is 1. The van der Waals surface area contributed by atoms with Gasteiger partial charge in [0.05, 0.1) is 17.3 Å². The van der Waals surface area contributed by atoms with Crippen LogP contribution in [0, 0.1) is 0 Å². The van der Waals surface area contributed by atoms with E-state index in [1.54, 1.807) is 0 Å². The van der Waals surface area contributed by atoms with E-state index in [4.69, 9.17) is 16.7 Å². The van der Waals surface area contributed by atoms with Crippen molar-refractivity contribution in [3.8, 4) is 0 Å². The van der Waals surface area contributed by atoms with Gasteiger partial charge in [-0.05, 0) is 34.1 Å². The number of aliphatic carboxylic acids is 1. The van der Waals surface area contributed by atoms with Crippen LogP contribution in [-0.4, -0.2) is 54.1 Å². The summed E-state index contributed by atoms with van der Waals surface area (Å²) in [5, 5.41) is 5.61. The first kappa shape index (κ1) is 17.2.